The highest BCUT2D eigenvalue weighted by Crippen LogP contribution is 2.28. The number of carbonyl (C=O) groups excluding carboxylic acids is 2. The van der Waals surface area contributed by atoms with E-state index < -0.39 is 24.1 Å². The second-order valence-electron chi connectivity index (χ2n) is 5.42. The number of nitrogens with zero attached hydrogens (tertiary/aromatic N) is 3. The molecule has 4 amide bonds. The molecule has 0 unspecified atom stereocenters. The molecule has 3 fully saturated rings. The Morgan fingerprint density at radius 1 is 1.24 bits per heavy atom. The predicted octanol–water partition coefficient (Wildman–Crippen LogP) is -0.946. The minimum atomic E-state index is -1.02. The number of urea groups is 1. The SMILES string of the molecule is O=C(NOC1CN(C(=O)O)C1)[C@@H]1CC[C@@H]2CN1C(=O)N2O. The number of carboxylic acid groups (broad SMARTS) is 1. The summed E-state index contributed by atoms with van der Waals surface area (Å²) in [7, 11) is 0. The molecule has 2 bridgehead atoms. The predicted molar refractivity (Wildman–Crippen MR) is 65.2 cm³/mol. The Morgan fingerprint density at radius 3 is 2.62 bits per heavy atom. The first-order chi connectivity index (χ1) is 9.97. The number of nitrogens with one attached hydrogen (secondary N) is 1. The van der Waals surface area contributed by atoms with Gasteiger partial charge in [0.25, 0.3) is 5.91 Å². The van der Waals surface area contributed by atoms with Gasteiger partial charge in [-0.3, -0.25) is 14.8 Å². The molecule has 0 aromatic heterocycles. The normalized spacial score (nSPS) is 28.6. The van der Waals surface area contributed by atoms with E-state index in [1.54, 1.807) is 0 Å². The lowest BCUT2D eigenvalue weighted by Gasteiger charge is -2.36. The molecular weight excluding hydrogens is 284 g/mol. The van der Waals surface area contributed by atoms with E-state index in [9.17, 15) is 19.6 Å². The number of carbonyl (C=O) groups is 3. The molecule has 0 aromatic rings. The van der Waals surface area contributed by atoms with E-state index in [2.05, 4.69) is 5.48 Å². The number of piperidine rings is 1. The van der Waals surface area contributed by atoms with Crippen LogP contribution < -0.4 is 5.48 Å². The van der Waals surface area contributed by atoms with Crippen molar-refractivity contribution in [2.75, 3.05) is 19.6 Å². The molecule has 3 aliphatic rings. The molecule has 3 N–H and O–H groups in total. The van der Waals surface area contributed by atoms with Gasteiger partial charge in [0.15, 0.2) is 0 Å². The Kier molecular flexibility index (Phi) is 3.33. The maximum absolute atomic E-state index is 12.0. The van der Waals surface area contributed by atoms with Crippen molar-refractivity contribution in [3.8, 4) is 0 Å². The zero-order valence-electron chi connectivity index (χ0n) is 11.1. The lowest BCUT2D eigenvalue weighted by molar-refractivity contribution is -0.151. The first-order valence-corrected chi connectivity index (χ1v) is 6.69. The topological polar surface area (TPSA) is 123 Å². The molecule has 116 valence electrons. The van der Waals surface area contributed by atoms with Crippen molar-refractivity contribution in [3.05, 3.63) is 0 Å². The van der Waals surface area contributed by atoms with E-state index in [1.165, 1.54) is 4.90 Å². The summed E-state index contributed by atoms with van der Waals surface area (Å²) < 4.78 is 0. The second kappa shape index (κ2) is 5.04. The average Bonchev–Trinajstić information content (AvgIpc) is 2.62. The summed E-state index contributed by atoms with van der Waals surface area (Å²) >= 11 is 0. The van der Waals surface area contributed by atoms with Crippen LogP contribution in [0.4, 0.5) is 9.59 Å². The van der Waals surface area contributed by atoms with Gasteiger partial charge >= 0.3 is 12.1 Å². The molecule has 10 heteroatoms. The van der Waals surface area contributed by atoms with E-state index in [0.717, 1.165) is 4.90 Å². The number of amides is 4. The molecule has 10 nitrogen and oxygen atoms in total. The number of rotatable bonds is 3. The summed E-state index contributed by atoms with van der Waals surface area (Å²) in [5.41, 5.74) is 2.28. The minimum Gasteiger partial charge on any atom is -0.465 e. The number of hydrogen-bond donors (Lipinski definition) is 3. The fourth-order valence-corrected chi connectivity index (χ4v) is 2.80. The van der Waals surface area contributed by atoms with E-state index in [0.29, 0.717) is 24.4 Å². The van der Waals surface area contributed by atoms with Gasteiger partial charge in [0.2, 0.25) is 0 Å². The lowest BCUT2D eigenvalue weighted by atomic mass is 10.0. The molecule has 0 aromatic carbocycles. The van der Waals surface area contributed by atoms with Crippen LogP contribution in [0.15, 0.2) is 0 Å². The van der Waals surface area contributed by atoms with E-state index in [1.807, 2.05) is 0 Å². The number of likely N-dealkylation sites (tertiary alicyclic amines) is 1. The van der Waals surface area contributed by atoms with Crippen LogP contribution in [-0.4, -0.2) is 81.0 Å². The maximum atomic E-state index is 12.0. The largest absolute Gasteiger partial charge is 0.465 e. The highest BCUT2D eigenvalue weighted by molar-refractivity contribution is 5.87. The Bertz CT molecular complexity index is 479. The van der Waals surface area contributed by atoms with E-state index in [4.69, 9.17) is 9.94 Å². The third-order valence-electron chi connectivity index (χ3n) is 4.09. The van der Waals surface area contributed by atoms with Crippen molar-refractivity contribution >= 4 is 18.0 Å². The van der Waals surface area contributed by atoms with Crippen molar-refractivity contribution in [1.82, 2.24) is 20.3 Å². The molecule has 0 spiro atoms. The molecule has 0 radical (unpaired) electrons. The Labute approximate surface area is 119 Å². The van der Waals surface area contributed by atoms with Gasteiger partial charge in [-0.15, -0.1) is 0 Å². The van der Waals surface area contributed by atoms with Gasteiger partial charge in [-0.05, 0) is 12.8 Å². The average molecular weight is 300 g/mol. The molecule has 3 aliphatic heterocycles. The van der Waals surface area contributed by atoms with Crippen LogP contribution in [0.3, 0.4) is 0 Å². The maximum Gasteiger partial charge on any atom is 0.407 e. The van der Waals surface area contributed by atoms with Gasteiger partial charge in [-0.2, -0.15) is 0 Å². The van der Waals surface area contributed by atoms with Gasteiger partial charge in [0.05, 0.1) is 19.1 Å². The van der Waals surface area contributed by atoms with Crippen LogP contribution >= 0.6 is 0 Å². The van der Waals surface area contributed by atoms with Crippen molar-refractivity contribution in [2.24, 2.45) is 0 Å². The van der Waals surface area contributed by atoms with Gasteiger partial charge in [0.1, 0.15) is 12.1 Å². The molecule has 3 heterocycles. The zero-order chi connectivity index (χ0) is 15.1. The molecule has 3 rings (SSSR count). The number of hydroxylamine groups is 3. The Hall–Kier alpha value is -2.07. The van der Waals surface area contributed by atoms with Crippen LogP contribution in [-0.2, 0) is 9.63 Å². The first kappa shape index (κ1) is 13.9. The Morgan fingerprint density at radius 2 is 1.95 bits per heavy atom. The van der Waals surface area contributed by atoms with Gasteiger partial charge in [0, 0.05) is 6.54 Å². The number of hydrogen-bond acceptors (Lipinski definition) is 5. The Balaban J connectivity index is 1.48. The van der Waals surface area contributed by atoms with Crippen molar-refractivity contribution < 1.29 is 29.5 Å². The van der Waals surface area contributed by atoms with Gasteiger partial charge in [-0.25, -0.2) is 20.1 Å². The molecule has 21 heavy (non-hydrogen) atoms. The second-order valence-corrected chi connectivity index (χ2v) is 5.42. The molecule has 3 saturated heterocycles. The third-order valence-corrected chi connectivity index (χ3v) is 4.09. The lowest BCUT2D eigenvalue weighted by Crippen LogP contribution is -2.57. The number of fused-ring (bicyclic) bond motifs is 2. The molecule has 2 atom stereocenters. The van der Waals surface area contributed by atoms with Crippen LogP contribution in [0.1, 0.15) is 12.8 Å². The standard InChI is InChI=1S/C11H16N4O6/c16-9(12-21-7-4-13(5-7)11(18)19)8-2-1-6-3-14(8)10(17)15(6)20/h6-8,20H,1-5H2,(H,12,16)(H,18,19)/t6-,8+/m1/s1. The van der Waals surface area contributed by atoms with Crippen molar-refractivity contribution in [2.45, 2.75) is 31.0 Å². The smallest absolute Gasteiger partial charge is 0.407 e. The summed E-state index contributed by atoms with van der Waals surface area (Å²) in [6.07, 6.45) is -0.392. The quantitative estimate of drug-likeness (QED) is 0.456. The van der Waals surface area contributed by atoms with Crippen molar-refractivity contribution in [3.63, 3.8) is 0 Å². The fraction of sp³-hybridized carbons (Fsp3) is 0.727. The summed E-state index contributed by atoms with van der Waals surface area (Å²) in [6, 6.07) is -1.49. The van der Waals surface area contributed by atoms with Gasteiger partial charge in [-0.1, -0.05) is 0 Å². The van der Waals surface area contributed by atoms with Crippen LogP contribution in [0.5, 0.6) is 0 Å². The van der Waals surface area contributed by atoms with Crippen LogP contribution in [0, 0.1) is 0 Å². The van der Waals surface area contributed by atoms with Crippen LogP contribution in [0.2, 0.25) is 0 Å². The van der Waals surface area contributed by atoms with Crippen LogP contribution in [0.25, 0.3) is 0 Å². The molecular formula is C11H16N4O6. The zero-order valence-corrected chi connectivity index (χ0v) is 11.1. The third kappa shape index (κ3) is 2.36. The molecule has 0 aliphatic carbocycles. The summed E-state index contributed by atoms with van der Waals surface area (Å²) in [6.45, 7) is 0.731. The minimum absolute atomic E-state index is 0.204. The van der Waals surface area contributed by atoms with Crippen molar-refractivity contribution in [1.29, 1.82) is 0 Å². The first-order valence-electron chi connectivity index (χ1n) is 6.69. The summed E-state index contributed by atoms with van der Waals surface area (Å²) in [5.74, 6) is -0.453. The van der Waals surface area contributed by atoms with E-state index >= 15 is 0 Å². The summed E-state index contributed by atoms with van der Waals surface area (Å²) in [5, 5.41) is 18.9. The fourth-order valence-electron chi connectivity index (χ4n) is 2.80. The summed E-state index contributed by atoms with van der Waals surface area (Å²) in [4.78, 5) is 42.0. The molecule has 0 saturated carbocycles. The highest BCUT2D eigenvalue weighted by Gasteiger charge is 2.47. The van der Waals surface area contributed by atoms with Gasteiger partial charge < -0.3 is 14.9 Å². The highest BCUT2D eigenvalue weighted by atomic mass is 16.7. The monoisotopic (exact) mass is 300 g/mol. The van der Waals surface area contributed by atoms with E-state index in [-0.39, 0.29) is 25.2 Å².